The molecule has 198 valence electrons. The highest BCUT2D eigenvalue weighted by Gasteiger charge is 2.36. The third kappa shape index (κ3) is 4.67. The Morgan fingerprint density at radius 3 is 2.56 bits per heavy atom. The average molecular weight is 550 g/mol. The number of para-hydroxylation sites is 1. The minimum atomic E-state index is -4.63. The molecule has 1 unspecified atom stereocenters. The van der Waals surface area contributed by atoms with Crippen molar-refractivity contribution in [3.63, 3.8) is 0 Å². The summed E-state index contributed by atoms with van der Waals surface area (Å²) in [4.78, 5) is 23.4. The monoisotopic (exact) mass is 549 g/mol. The highest BCUT2D eigenvalue weighted by Crippen LogP contribution is 2.36. The summed E-state index contributed by atoms with van der Waals surface area (Å²) in [6.45, 7) is 2.61. The molecule has 0 aliphatic carbocycles. The number of hydrogen-bond donors (Lipinski definition) is 1. The van der Waals surface area contributed by atoms with Crippen molar-refractivity contribution in [3.8, 4) is 16.9 Å². The van der Waals surface area contributed by atoms with Crippen LogP contribution in [0.5, 0.6) is 0 Å². The summed E-state index contributed by atoms with van der Waals surface area (Å²) >= 11 is 6.28. The van der Waals surface area contributed by atoms with E-state index < -0.39 is 11.9 Å². The zero-order valence-electron chi connectivity index (χ0n) is 20.8. The summed E-state index contributed by atoms with van der Waals surface area (Å²) in [5.41, 5.74) is 3.33. The molecule has 1 amide bonds. The number of aromatic nitrogens is 4. The van der Waals surface area contributed by atoms with E-state index in [1.54, 1.807) is 53.4 Å². The number of nitrogens with one attached hydrogen (secondary N) is 1. The fourth-order valence-corrected chi connectivity index (χ4v) is 5.29. The van der Waals surface area contributed by atoms with Gasteiger partial charge >= 0.3 is 6.18 Å². The lowest BCUT2D eigenvalue weighted by molar-refractivity contribution is -0.141. The van der Waals surface area contributed by atoms with Crippen molar-refractivity contribution in [2.45, 2.75) is 32.0 Å². The van der Waals surface area contributed by atoms with Crippen molar-refractivity contribution >= 4 is 28.5 Å². The summed E-state index contributed by atoms with van der Waals surface area (Å²) in [5.74, 6) is 0.595. The van der Waals surface area contributed by atoms with Crippen molar-refractivity contribution in [2.75, 3.05) is 6.54 Å². The van der Waals surface area contributed by atoms with E-state index in [1.807, 2.05) is 25.1 Å². The number of aryl methyl sites for hydroxylation is 1. The molecular formula is C29H23ClF3N5O. The molecule has 1 atom stereocenters. The summed E-state index contributed by atoms with van der Waals surface area (Å²) in [7, 11) is 0. The largest absolute Gasteiger partial charge is 0.435 e. The van der Waals surface area contributed by atoms with E-state index in [-0.39, 0.29) is 22.7 Å². The van der Waals surface area contributed by atoms with E-state index in [2.05, 4.69) is 10.1 Å². The highest BCUT2D eigenvalue weighted by molar-refractivity contribution is 6.32. The maximum atomic E-state index is 13.6. The number of likely N-dealkylation sites (tertiary alicyclic amines) is 1. The second-order valence-corrected chi connectivity index (χ2v) is 10.1. The molecule has 3 heterocycles. The molecule has 10 heteroatoms. The first-order chi connectivity index (χ1) is 18.7. The lowest BCUT2D eigenvalue weighted by Crippen LogP contribution is -2.31. The van der Waals surface area contributed by atoms with Crippen LogP contribution in [-0.2, 0) is 6.18 Å². The zero-order chi connectivity index (χ0) is 27.3. The number of carbonyl (C=O) groups excluding carboxylic acids is 1. The van der Waals surface area contributed by atoms with Gasteiger partial charge in [0, 0.05) is 17.7 Å². The molecule has 1 aliphatic rings. The van der Waals surface area contributed by atoms with Crippen LogP contribution in [0.1, 0.15) is 46.3 Å². The van der Waals surface area contributed by atoms with Crippen LogP contribution in [0, 0.1) is 6.92 Å². The number of nitrogens with zero attached hydrogens (tertiary/aromatic N) is 4. The Kier molecular flexibility index (Phi) is 6.18. The smallest absolute Gasteiger partial charge is 0.340 e. The number of hydrogen-bond acceptors (Lipinski definition) is 3. The Bertz CT molecular complexity index is 1690. The van der Waals surface area contributed by atoms with E-state index in [1.165, 1.54) is 4.68 Å². The molecule has 0 spiro atoms. The Morgan fingerprint density at radius 2 is 1.82 bits per heavy atom. The van der Waals surface area contributed by atoms with Crippen LogP contribution < -0.4 is 0 Å². The Balaban J connectivity index is 1.31. The van der Waals surface area contributed by atoms with Crippen LogP contribution in [0.25, 0.3) is 28.0 Å². The van der Waals surface area contributed by atoms with Crippen LogP contribution >= 0.6 is 11.6 Å². The van der Waals surface area contributed by atoms with Crippen molar-refractivity contribution in [1.29, 1.82) is 0 Å². The van der Waals surface area contributed by atoms with Crippen LogP contribution in [0.15, 0.2) is 72.8 Å². The standard InChI is InChI=1S/C29H23ClF3N5O/c1-17-8-13-21-22(15-17)35-27(34-21)24-7-4-14-37(24)28(39)19-11-9-18(10-12-19)25-16-26(29(31,32)33)36-38(25)23-6-3-2-5-20(23)30/h2-3,5-6,8-13,15-16,24H,4,7,14H2,1H3,(H,34,35). The van der Waals surface area contributed by atoms with E-state index in [9.17, 15) is 18.0 Å². The van der Waals surface area contributed by atoms with Gasteiger partial charge in [-0.15, -0.1) is 0 Å². The number of halogens is 4. The number of benzene rings is 3. The van der Waals surface area contributed by atoms with Crippen molar-refractivity contribution in [1.82, 2.24) is 24.6 Å². The first kappa shape index (κ1) is 25.2. The quantitative estimate of drug-likeness (QED) is 0.254. The molecule has 1 fully saturated rings. The van der Waals surface area contributed by atoms with Gasteiger partial charge in [0.15, 0.2) is 5.69 Å². The Morgan fingerprint density at radius 1 is 1.05 bits per heavy atom. The van der Waals surface area contributed by atoms with Gasteiger partial charge in [0.25, 0.3) is 5.91 Å². The molecule has 2 aromatic heterocycles. The van der Waals surface area contributed by atoms with E-state index in [0.717, 1.165) is 41.3 Å². The average Bonchev–Trinajstić information content (AvgIpc) is 3.66. The van der Waals surface area contributed by atoms with Crippen molar-refractivity contribution in [2.24, 2.45) is 0 Å². The summed E-state index contributed by atoms with van der Waals surface area (Å²) in [6.07, 6.45) is -2.99. The molecule has 0 radical (unpaired) electrons. The SMILES string of the molecule is Cc1ccc2nc(C3CCCN3C(=O)c3ccc(-c4cc(C(F)(F)F)nn4-c4ccccc4Cl)cc3)[nH]c2c1. The fraction of sp³-hybridized carbons (Fsp3) is 0.207. The van der Waals surface area contributed by atoms with E-state index in [4.69, 9.17) is 16.6 Å². The van der Waals surface area contributed by atoms with Gasteiger partial charge < -0.3 is 9.88 Å². The highest BCUT2D eigenvalue weighted by atomic mass is 35.5. The van der Waals surface area contributed by atoms with Crippen LogP contribution in [-0.4, -0.2) is 37.1 Å². The predicted octanol–water partition coefficient (Wildman–Crippen LogP) is 7.37. The molecule has 3 aromatic carbocycles. The third-order valence-corrected chi connectivity index (χ3v) is 7.31. The molecule has 39 heavy (non-hydrogen) atoms. The molecular weight excluding hydrogens is 527 g/mol. The number of H-pyrrole nitrogens is 1. The zero-order valence-corrected chi connectivity index (χ0v) is 21.6. The van der Waals surface area contributed by atoms with Gasteiger partial charge in [0.2, 0.25) is 0 Å². The van der Waals surface area contributed by atoms with Crippen molar-refractivity contribution < 1.29 is 18.0 Å². The number of aromatic amines is 1. The maximum absolute atomic E-state index is 13.6. The van der Waals surface area contributed by atoms with Crippen molar-refractivity contribution in [3.05, 3.63) is 100 Å². The number of fused-ring (bicyclic) bond motifs is 1. The number of alkyl halides is 3. The molecule has 6 nitrogen and oxygen atoms in total. The van der Waals surface area contributed by atoms with Gasteiger partial charge in [-0.25, -0.2) is 9.67 Å². The molecule has 0 saturated carbocycles. The van der Waals surface area contributed by atoms with Gasteiger partial charge in [-0.1, -0.05) is 41.9 Å². The normalized spacial score (nSPS) is 15.8. The summed E-state index contributed by atoms with van der Waals surface area (Å²) in [5, 5.41) is 4.06. The maximum Gasteiger partial charge on any atom is 0.435 e. The second-order valence-electron chi connectivity index (χ2n) is 9.65. The minimum Gasteiger partial charge on any atom is -0.340 e. The number of carbonyl (C=O) groups is 1. The first-order valence-corrected chi connectivity index (χ1v) is 12.9. The molecule has 5 aromatic rings. The number of rotatable bonds is 4. The fourth-order valence-electron chi connectivity index (χ4n) is 5.08. The van der Waals surface area contributed by atoms with Crippen LogP contribution in [0.3, 0.4) is 0 Å². The van der Waals surface area contributed by atoms with Gasteiger partial charge in [-0.05, 0) is 67.8 Å². The lowest BCUT2D eigenvalue weighted by atomic mass is 10.1. The molecule has 1 aliphatic heterocycles. The van der Waals surface area contributed by atoms with E-state index in [0.29, 0.717) is 23.4 Å². The minimum absolute atomic E-state index is 0.156. The van der Waals surface area contributed by atoms with Gasteiger partial charge in [0.1, 0.15) is 5.82 Å². The number of amides is 1. The topological polar surface area (TPSA) is 66.8 Å². The summed E-state index contributed by atoms with van der Waals surface area (Å²) < 4.78 is 41.8. The number of imidazole rings is 1. The van der Waals surface area contributed by atoms with Crippen LogP contribution in [0.4, 0.5) is 13.2 Å². The predicted molar refractivity (Wildman–Crippen MR) is 143 cm³/mol. The third-order valence-electron chi connectivity index (χ3n) is 6.99. The second kappa shape index (κ2) is 9.57. The molecule has 6 rings (SSSR count). The lowest BCUT2D eigenvalue weighted by Gasteiger charge is -2.23. The van der Waals surface area contributed by atoms with Crippen LogP contribution in [0.2, 0.25) is 5.02 Å². The Hall–Kier alpha value is -4.11. The molecule has 1 saturated heterocycles. The van der Waals surface area contributed by atoms with E-state index >= 15 is 0 Å². The molecule has 1 N–H and O–H groups in total. The van der Waals surface area contributed by atoms with Gasteiger partial charge in [-0.3, -0.25) is 4.79 Å². The van der Waals surface area contributed by atoms with Gasteiger partial charge in [-0.2, -0.15) is 18.3 Å². The summed E-state index contributed by atoms with van der Waals surface area (Å²) in [6, 6.07) is 19.9. The Labute approximate surface area is 227 Å². The first-order valence-electron chi connectivity index (χ1n) is 12.5. The van der Waals surface area contributed by atoms with Gasteiger partial charge in [0.05, 0.1) is 33.5 Å². The molecule has 0 bridgehead atoms.